The predicted molar refractivity (Wildman–Crippen MR) is 70.2 cm³/mol. The Morgan fingerprint density at radius 3 is 3.00 bits per heavy atom. The van der Waals surface area contributed by atoms with Gasteiger partial charge in [-0.05, 0) is 30.7 Å². The van der Waals surface area contributed by atoms with Crippen molar-refractivity contribution >= 4 is 27.7 Å². The van der Waals surface area contributed by atoms with Gasteiger partial charge in [-0.2, -0.15) is 0 Å². The Bertz CT molecular complexity index is 437. The number of anilines is 1. The van der Waals surface area contributed by atoms with E-state index in [9.17, 15) is 4.79 Å². The Balaban J connectivity index is 2.38. The molecule has 0 spiro atoms. The lowest BCUT2D eigenvalue weighted by Crippen LogP contribution is -2.49. The number of carbonyl (C=O) groups excluding carboxylic acids is 1. The number of nitrogens with two attached hydrogens (primary N) is 1. The lowest BCUT2D eigenvalue weighted by Gasteiger charge is -2.35. The van der Waals surface area contributed by atoms with Crippen LogP contribution in [-0.4, -0.2) is 25.3 Å². The number of cyclic esters (lactones) is 1. The molecule has 1 aromatic carbocycles. The smallest absolute Gasteiger partial charge is 0.414 e. The molecule has 5 heteroatoms. The fourth-order valence-electron chi connectivity index (χ4n) is 2.04. The molecule has 17 heavy (non-hydrogen) atoms. The average molecular weight is 299 g/mol. The van der Waals surface area contributed by atoms with Crippen molar-refractivity contribution in [2.45, 2.75) is 19.4 Å². The van der Waals surface area contributed by atoms with Crippen molar-refractivity contribution < 1.29 is 9.53 Å². The van der Waals surface area contributed by atoms with Gasteiger partial charge in [0.15, 0.2) is 0 Å². The third-order valence-corrected chi connectivity index (χ3v) is 3.42. The van der Waals surface area contributed by atoms with E-state index >= 15 is 0 Å². The van der Waals surface area contributed by atoms with Gasteiger partial charge in [-0.25, -0.2) is 4.79 Å². The number of carbonyl (C=O) groups is 1. The summed E-state index contributed by atoms with van der Waals surface area (Å²) in [5.41, 5.74) is 7.61. The number of ether oxygens (including phenoxy) is 1. The van der Waals surface area contributed by atoms with Crippen LogP contribution in [0.4, 0.5) is 10.5 Å². The molecule has 1 saturated heterocycles. The second kappa shape index (κ2) is 5.06. The van der Waals surface area contributed by atoms with Crippen molar-refractivity contribution in [2.24, 2.45) is 5.73 Å². The van der Waals surface area contributed by atoms with Crippen LogP contribution >= 0.6 is 15.9 Å². The van der Waals surface area contributed by atoms with Gasteiger partial charge in [-0.15, -0.1) is 0 Å². The highest BCUT2D eigenvalue weighted by Gasteiger charge is 2.30. The first kappa shape index (κ1) is 12.4. The summed E-state index contributed by atoms with van der Waals surface area (Å²) in [5.74, 6) is 0. The number of halogens is 1. The first-order chi connectivity index (χ1) is 8.13. The van der Waals surface area contributed by atoms with Crippen molar-refractivity contribution in [3.63, 3.8) is 0 Å². The van der Waals surface area contributed by atoms with Gasteiger partial charge >= 0.3 is 6.09 Å². The summed E-state index contributed by atoms with van der Waals surface area (Å²) in [5, 5.41) is 0. The van der Waals surface area contributed by atoms with Crippen LogP contribution in [0.2, 0.25) is 0 Å². The van der Waals surface area contributed by atoms with Crippen molar-refractivity contribution in [1.29, 1.82) is 0 Å². The van der Waals surface area contributed by atoms with E-state index in [1.54, 1.807) is 4.90 Å². The molecule has 0 bridgehead atoms. The summed E-state index contributed by atoms with van der Waals surface area (Å²) in [6, 6.07) is 5.83. The molecule has 1 unspecified atom stereocenters. The Morgan fingerprint density at radius 2 is 2.35 bits per heavy atom. The Hall–Kier alpha value is -1.07. The third-order valence-electron chi connectivity index (χ3n) is 2.93. The van der Waals surface area contributed by atoms with E-state index in [0.717, 1.165) is 22.1 Å². The highest BCUT2D eigenvalue weighted by atomic mass is 79.9. The molecule has 1 fully saturated rings. The minimum absolute atomic E-state index is 0.0242. The molecule has 1 aliphatic rings. The van der Waals surface area contributed by atoms with Crippen LogP contribution in [0.15, 0.2) is 22.7 Å². The van der Waals surface area contributed by atoms with E-state index in [4.69, 9.17) is 10.5 Å². The SMILES string of the molecule is Cc1cc(Br)ccc1N1C(=O)OCCC1CN. The molecule has 1 aromatic rings. The monoisotopic (exact) mass is 298 g/mol. The molecule has 1 atom stereocenters. The highest BCUT2D eigenvalue weighted by molar-refractivity contribution is 9.10. The van der Waals surface area contributed by atoms with Crippen LogP contribution in [0.3, 0.4) is 0 Å². The molecule has 0 radical (unpaired) electrons. The molecule has 0 aliphatic carbocycles. The van der Waals surface area contributed by atoms with Gasteiger partial charge in [0.05, 0.1) is 18.3 Å². The van der Waals surface area contributed by atoms with E-state index in [-0.39, 0.29) is 12.1 Å². The highest BCUT2D eigenvalue weighted by Crippen LogP contribution is 2.28. The molecular formula is C12H15BrN2O2. The van der Waals surface area contributed by atoms with Crippen molar-refractivity contribution in [1.82, 2.24) is 0 Å². The van der Waals surface area contributed by atoms with Gasteiger partial charge in [-0.1, -0.05) is 15.9 Å². The summed E-state index contributed by atoms with van der Waals surface area (Å²) in [6.45, 7) is 2.87. The van der Waals surface area contributed by atoms with E-state index in [1.807, 2.05) is 25.1 Å². The van der Waals surface area contributed by atoms with Crippen LogP contribution < -0.4 is 10.6 Å². The summed E-state index contributed by atoms with van der Waals surface area (Å²) in [4.78, 5) is 13.5. The van der Waals surface area contributed by atoms with Gasteiger partial charge in [0.2, 0.25) is 0 Å². The number of aryl methyl sites for hydroxylation is 1. The van der Waals surface area contributed by atoms with Crippen molar-refractivity contribution in [3.05, 3.63) is 28.2 Å². The van der Waals surface area contributed by atoms with Crippen LogP contribution in [0, 0.1) is 6.92 Å². The maximum absolute atomic E-state index is 11.8. The molecule has 1 amide bonds. The van der Waals surface area contributed by atoms with Gasteiger partial charge in [-0.3, -0.25) is 4.90 Å². The lowest BCUT2D eigenvalue weighted by atomic mass is 10.1. The Labute approximate surface area is 109 Å². The first-order valence-electron chi connectivity index (χ1n) is 5.55. The van der Waals surface area contributed by atoms with E-state index < -0.39 is 0 Å². The summed E-state index contributed by atoms with van der Waals surface area (Å²) < 4.78 is 6.08. The molecule has 0 aromatic heterocycles. The largest absolute Gasteiger partial charge is 0.449 e. The Kier molecular flexibility index (Phi) is 3.69. The number of amides is 1. The second-order valence-corrected chi connectivity index (χ2v) is 5.01. The van der Waals surface area contributed by atoms with Gasteiger partial charge in [0.1, 0.15) is 0 Å². The molecule has 2 rings (SSSR count). The summed E-state index contributed by atoms with van der Waals surface area (Å²) in [7, 11) is 0. The normalized spacial score (nSPS) is 20.3. The maximum atomic E-state index is 11.8. The van der Waals surface area contributed by atoms with Crippen molar-refractivity contribution in [2.75, 3.05) is 18.1 Å². The fraction of sp³-hybridized carbons (Fsp3) is 0.417. The summed E-state index contributed by atoms with van der Waals surface area (Å²) >= 11 is 3.41. The van der Waals surface area contributed by atoms with E-state index in [1.165, 1.54) is 0 Å². The zero-order valence-corrected chi connectivity index (χ0v) is 11.2. The number of nitrogens with zero attached hydrogens (tertiary/aromatic N) is 1. The fourth-order valence-corrected chi connectivity index (χ4v) is 2.51. The summed E-state index contributed by atoms with van der Waals surface area (Å²) in [6.07, 6.45) is 0.467. The minimum Gasteiger partial charge on any atom is -0.449 e. The molecule has 92 valence electrons. The molecule has 4 nitrogen and oxygen atoms in total. The van der Waals surface area contributed by atoms with E-state index in [2.05, 4.69) is 15.9 Å². The Morgan fingerprint density at radius 1 is 1.59 bits per heavy atom. The molecule has 1 aliphatic heterocycles. The standard InChI is InChI=1S/C12H15BrN2O2/c1-8-6-9(13)2-3-11(8)15-10(7-14)4-5-17-12(15)16/h2-3,6,10H,4-5,7,14H2,1H3. The van der Waals surface area contributed by atoms with Crippen LogP contribution in [0.1, 0.15) is 12.0 Å². The zero-order chi connectivity index (χ0) is 12.4. The second-order valence-electron chi connectivity index (χ2n) is 4.09. The number of rotatable bonds is 2. The predicted octanol–water partition coefficient (Wildman–Crippen LogP) is 2.43. The van der Waals surface area contributed by atoms with Gasteiger partial charge in [0, 0.05) is 17.4 Å². The maximum Gasteiger partial charge on any atom is 0.414 e. The topological polar surface area (TPSA) is 55.6 Å². The minimum atomic E-state index is -0.308. The van der Waals surface area contributed by atoms with Gasteiger partial charge in [0.25, 0.3) is 0 Å². The average Bonchev–Trinajstić information content (AvgIpc) is 2.30. The van der Waals surface area contributed by atoms with Crippen molar-refractivity contribution in [3.8, 4) is 0 Å². The molecule has 2 N–H and O–H groups in total. The number of hydrogen-bond donors (Lipinski definition) is 1. The number of benzene rings is 1. The molecule has 0 saturated carbocycles. The number of hydrogen-bond acceptors (Lipinski definition) is 3. The molecular weight excluding hydrogens is 284 g/mol. The van der Waals surface area contributed by atoms with Crippen LogP contribution in [0.25, 0.3) is 0 Å². The third kappa shape index (κ3) is 2.45. The van der Waals surface area contributed by atoms with Crippen LogP contribution in [-0.2, 0) is 4.74 Å². The van der Waals surface area contributed by atoms with E-state index in [0.29, 0.717) is 13.2 Å². The molecule has 1 heterocycles. The zero-order valence-electron chi connectivity index (χ0n) is 9.65. The van der Waals surface area contributed by atoms with Crippen LogP contribution in [0.5, 0.6) is 0 Å². The lowest BCUT2D eigenvalue weighted by molar-refractivity contribution is 0.130. The first-order valence-corrected chi connectivity index (χ1v) is 6.35. The van der Waals surface area contributed by atoms with Gasteiger partial charge < -0.3 is 10.5 Å². The quantitative estimate of drug-likeness (QED) is 0.912.